The highest BCUT2D eigenvalue weighted by molar-refractivity contribution is 5.39. The van der Waals surface area contributed by atoms with Crippen molar-refractivity contribution in [3.63, 3.8) is 0 Å². The third-order valence-electron chi connectivity index (χ3n) is 1.85. The highest BCUT2D eigenvalue weighted by atomic mass is 19.4. The third kappa shape index (κ3) is 3.62. The molecule has 0 bridgehead atoms. The molecule has 1 N–H and O–H groups in total. The second-order valence-electron chi connectivity index (χ2n) is 3.17. The smallest absolute Gasteiger partial charge is 0.497 e. The SMILES string of the molecule is COc1cc(OC(F)(F)F)cc(C(C)O)c1. The normalized spacial score (nSPS) is 13.4. The summed E-state index contributed by atoms with van der Waals surface area (Å²) in [5, 5.41) is 9.27. The van der Waals surface area contributed by atoms with Crippen molar-refractivity contribution in [2.75, 3.05) is 7.11 Å². The van der Waals surface area contributed by atoms with E-state index >= 15 is 0 Å². The number of rotatable bonds is 3. The first kappa shape index (κ1) is 12.6. The number of benzene rings is 1. The van der Waals surface area contributed by atoms with Crippen LogP contribution in [0, 0.1) is 0 Å². The zero-order chi connectivity index (χ0) is 12.3. The summed E-state index contributed by atoms with van der Waals surface area (Å²) in [6, 6.07) is 3.65. The maximum atomic E-state index is 12.0. The topological polar surface area (TPSA) is 38.7 Å². The predicted octanol–water partition coefficient (Wildman–Crippen LogP) is 2.65. The van der Waals surface area contributed by atoms with Gasteiger partial charge in [0.25, 0.3) is 0 Å². The molecular weight excluding hydrogens is 225 g/mol. The lowest BCUT2D eigenvalue weighted by molar-refractivity contribution is -0.274. The summed E-state index contributed by atoms with van der Waals surface area (Å²) in [5.41, 5.74) is 0.290. The molecule has 0 aliphatic carbocycles. The molecule has 3 nitrogen and oxygen atoms in total. The third-order valence-corrected chi connectivity index (χ3v) is 1.85. The minimum atomic E-state index is -4.76. The Kier molecular flexibility index (Phi) is 3.64. The van der Waals surface area contributed by atoms with Crippen LogP contribution in [0.5, 0.6) is 11.5 Å². The van der Waals surface area contributed by atoms with Crippen molar-refractivity contribution in [2.45, 2.75) is 19.4 Å². The van der Waals surface area contributed by atoms with E-state index in [0.29, 0.717) is 5.56 Å². The van der Waals surface area contributed by atoms with Gasteiger partial charge in [-0.3, -0.25) is 0 Å². The van der Waals surface area contributed by atoms with E-state index < -0.39 is 18.2 Å². The van der Waals surface area contributed by atoms with E-state index in [9.17, 15) is 18.3 Å². The lowest BCUT2D eigenvalue weighted by atomic mass is 10.1. The fourth-order valence-electron chi connectivity index (χ4n) is 1.15. The quantitative estimate of drug-likeness (QED) is 0.876. The number of hydrogen-bond acceptors (Lipinski definition) is 3. The molecule has 16 heavy (non-hydrogen) atoms. The van der Waals surface area contributed by atoms with Gasteiger partial charge in [0.15, 0.2) is 0 Å². The van der Waals surface area contributed by atoms with Gasteiger partial charge in [0.2, 0.25) is 0 Å². The summed E-state index contributed by atoms with van der Waals surface area (Å²) in [6.45, 7) is 1.44. The van der Waals surface area contributed by atoms with E-state index in [-0.39, 0.29) is 5.75 Å². The summed E-state index contributed by atoms with van der Waals surface area (Å²) in [6.07, 6.45) is -5.66. The van der Waals surface area contributed by atoms with Gasteiger partial charge in [-0.15, -0.1) is 13.2 Å². The van der Waals surface area contributed by atoms with Crippen LogP contribution in [0.1, 0.15) is 18.6 Å². The standard InChI is InChI=1S/C10H11F3O3/c1-6(14)7-3-8(15-2)5-9(4-7)16-10(11,12)13/h3-6,14H,1-2H3. The van der Waals surface area contributed by atoms with Crippen molar-refractivity contribution in [2.24, 2.45) is 0 Å². The summed E-state index contributed by atoms with van der Waals surface area (Å²) in [5.74, 6) is -0.222. The first-order valence-electron chi connectivity index (χ1n) is 4.44. The van der Waals surface area contributed by atoms with Crippen molar-refractivity contribution in [1.82, 2.24) is 0 Å². The van der Waals surface area contributed by atoms with Gasteiger partial charge in [-0.2, -0.15) is 0 Å². The molecule has 0 aliphatic heterocycles. The van der Waals surface area contributed by atoms with Gasteiger partial charge < -0.3 is 14.6 Å². The molecule has 0 saturated heterocycles. The zero-order valence-electron chi connectivity index (χ0n) is 8.71. The molecule has 0 radical (unpaired) electrons. The fraction of sp³-hybridized carbons (Fsp3) is 0.400. The summed E-state index contributed by atoms with van der Waals surface area (Å²) >= 11 is 0. The first-order valence-corrected chi connectivity index (χ1v) is 4.44. The number of aliphatic hydroxyl groups excluding tert-OH is 1. The van der Waals surface area contributed by atoms with Crippen LogP contribution in [-0.4, -0.2) is 18.6 Å². The lowest BCUT2D eigenvalue weighted by Crippen LogP contribution is -2.17. The average molecular weight is 236 g/mol. The van der Waals surface area contributed by atoms with Crippen molar-refractivity contribution >= 4 is 0 Å². The molecule has 0 spiro atoms. The van der Waals surface area contributed by atoms with E-state index in [2.05, 4.69) is 4.74 Å². The number of ether oxygens (including phenoxy) is 2. The molecule has 1 aromatic rings. The molecule has 0 heterocycles. The zero-order valence-corrected chi connectivity index (χ0v) is 8.71. The van der Waals surface area contributed by atoms with E-state index in [1.807, 2.05) is 0 Å². The van der Waals surface area contributed by atoms with Crippen LogP contribution in [0.4, 0.5) is 13.2 Å². The number of aliphatic hydroxyl groups is 1. The molecule has 0 saturated carbocycles. The Balaban J connectivity index is 3.04. The molecule has 1 aromatic carbocycles. The Morgan fingerprint density at radius 2 is 1.75 bits per heavy atom. The van der Waals surface area contributed by atoms with Gasteiger partial charge >= 0.3 is 6.36 Å². The maximum absolute atomic E-state index is 12.0. The number of alkyl halides is 3. The summed E-state index contributed by atoms with van der Waals surface area (Å²) < 4.78 is 44.5. The minimum absolute atomic E-state index is 0.192. The number of hydrogen-bond donors (Lipinski definition) is 1. The van der Waals surface area contributed by atoms with Crippen LogP contribution in [-0.2, 0) is 0 Å². The molecule has 0 fully saturated rings. The lowest BCUT2D eigenvalue weighted by Gasteiger charge is -2.13. The first-order chi connectivity index (χ1) is 7.31. The van der Waals surface area contributed by atoms with Crippen molar-refractivity contribution < 1.29 is 27.8 Å². The Bertz CT molecular complexity index is 361. The fourth-order valence-corrected chi connectivity index (χ4v) is 1.15. The van der Waals surface area contributed by atoms with Gasteiger partial charge in [0.1, 0.15) is 11.5 Å². The van der Waals surface area contributed by atoms with Crippen molar-refractivity contribution in [3.8, 4) is 11.5 Å². The average Bonchev–Trinajstić information content (AvgIpc) is 2.14. The van der Waals surface area contributed by atoms with E-state index in [1.54, 1.807) is 0 Å². The largest absolute Gasteiger partial charge is 0.573 e. The maximum Gasteiger partial charge on any atom is 0.573 e. The Labute approximate surface area is 90.4 Å². The molecule has 0 aliphatic rings. The minimum Gasteiger partial charge on any atom is -0.497 e. The predicted molar refractivity (Wildman–Crippen MR) is 50.3 cm³/mol. The van der Waals surface area contributed by atoms with E-state index in [0.717, 1.165) is 12.1 Å². The molecule has 6 heteroatoms. The number of methoxy groups -OCH3 is 1. The van der Waals surface area contributed by atoms with Crippen LogP contribution in [0.15, 0.2) is 18.2 Å². The molecule has 0 amide bonds. The van der Waals surface area contributed by atoms with E-state index in [1.165, 1.54) is 20.1 Å². The summed E-state index contributed by atoms with van der Waals surface area (Å²) in [4.78, 5) is 0. The second kappa shape index (κ2) is 4.61. The van der Waals surface area contributed by atoms with Gasteiger partial charge in [0, 0.05) is 6.07 Å². The summed E-state index contributed by atoms with van der Waals surface area (Å²) in [7, 11) is 1.32. The molecule has 1 rings (SSSR count). The number of halogens is 3. The molecule has 1 atom stereocenters. The van der Waals surface area contributed by atoms with E-state index in [4.69, 9.17) is 4.74 Å². The molecule has 1 unspecified atom stereocenters. The molecule has 0 aromatic heterocycles. The Morgan fingerprint density at radius 3 is 2.19 bits per heavy atom. The monoisotopic (exact) mass is 236 g/mol. The van der Waals surface area contributed by atoms with Gasteiger partial charge in [-0.1, -0.05) is 0 Å². The highest BCUT2D eigenvalue weighted by Crippen LogP contribution is 2.30. The van der Waals surface area contributed by atoms with Crippen LogP contribution in [0.25, 0.3) is 0 Å². The van der Waals surface area contributed by atoms with Gasteiger partial charge in [-0.05, 0) is 24.6 Å². The van der Waals surface area contributed by atoms with Crippen molar-refractivity contribution in [3.05, 3.63) is 23.8 Å². The van der Waals surface area contributed by atoms with Gasteiger partial charge in [0.05, 0.1) is 13.2 Å². The molecular formula is C10H11F3O3. The molecule has 90 valence electrons. The highest BCUT2D eigenvalue weighted by Gasteiger charge is 2.31. The van der Waals surface area contributed by atoms with Crippen LogP contribution in [0.2, 0.25) is 0 Å². The van der Waals surface area contributed by atoms with Crippen LogP contribution in [0.3, 0.4) is 0 Å². The van der Waals surface area contributed by atoms with Crippen LogP contribution < -0.4 is 9.47 Å². The van der Waals surface area contributed by atoms with Crippen molar-refractivity contribution in [1.29, 1.82) is 0 Å². The second-order valence-corrected chi connectivity index (χ2v) is 3.17. The van der Waals surface area contributed by atoms with Gasteiger partial charge in [-0.25, -0.2) is 0 Å². The Morgan fingerprint density at radius 1 is 1.19 bits per heavy atom. The van der Waals surface area contributed by atoms with Crippen LogP contribution >= 0.6 is 0 Å². The Hall–Kier alpha value is -1.43.